The first kappa shape index (κ1) is 14.5. The minimum Gasteiger partial charge on any atom is -0.342 e. The van der Waals surface area contributed by atoms with Gasteiger partial charge in [0, 0.05) is 24.9 Å². The Balaban J connectivity index is 1.80. The second-order valence-electron chi connectivity index (χ2n) is 5.92. The molecule has 0 aromatic carbocycles. The number of hydrogen-bond donors (Lipinski definition) is 0. The number of amides is 1. The Kier molecular flexibility index (Phi) is 4.97. The van der Waals surface area contributed by atoms with Gasteiger partial charge in [0.05, 0.1) is 0 Å². The van der Waals surface area contributed by atoms with Crippen molar-refractivity contribution in [2.24, 2.45) is 11.8 Å². The number of piperidine rings is 2. The van der Waals surface area contributed by atoms with Crippen LogP contribution in [0.15, 0.2) is 0 Å². The van der Waals surface area contributed by atoms with E-state index in [1.807, 2.05) is 4.90 Å². The zero-order valence-electron chi connectivity index (χ0n) is 12.2. The average Bonchev–Trinajstić information content (AvgIpc) is 2.46. The van der Waals surface area contributed by atoms with E-state index in [9.17, 15) is 9.59 Å². The number of carbonyl (C=O) groups is 2. The molecule has 4 heteroatoms. The summed E-state index contributed by atoms with van der Waals surface area (Å²) in [4.78, 5) is 28.2. The van der Waals surface area contributed by atoms with Crippen LogP contribution in [-0.2, 0) is 9.59 Å². The van der Waals surface area contributed by atoms with E-state index in [-0.39, 0.29) is 17.6 Å². The van der Waals surface area contributed by atoms with Crippen LogP contribution in [0.3, 0.4) is 0 Å². The highest BCUT2D eigenvalue weighted by atomic mass is 16.2. The molecule has 2 heterocycles. The molecule has 108 valence electrons. The molecule has 0 N–H and O–H groups in total. The van der Waals surface area contributed by atoms with Crippen LogP contribution in [-0.4, -0.2) is 54.2 Å². The molecule has 0 aliphatic carbocycles. The smallest absolute Gasteiger partial charge is 0.225 e. The minimum absolute atomic E-state index is 0.186. The van der Waals surface area contributed by atoms with Gasteiger partial charge in [0.1, 0.15) is 5.78 Å². The third kappa shape index (κ3) is 3.56. The van der Waals surface area contributed by atoms with Crippen molar-refractivity contribution in [2.45, 2.75) is 39.5 Å². The van der Waals surface area contributed by atoms with Crippen molar-refractivity contribution in [3.63, 3.8) is 0 Å². The van der Waals surface area contributed by atoms with Crippen molar-refractivity contribution in [1.29, 1.82) is 0 Å². The summed E-state index contributed by atoms with van der Waals surface area (Å²) in [5.74, 6) is 1.02. The summed E-state index contributed by atoms with van der Waals surface area (Å²) in [5.41, 5.74) is 0. The van der Waals surface area contributed by atoms with E-state index >= 15 is 0 Å². The van der Waals surface area contributed by atoms with Gasteiger partial charge in [-0.15, -0.1) is 0 Å². The van der Waals surface area contributed by atoms with Crippen LogP contribution < -0.4 is 0 Å². The van der Waals surface area contributed by atoms with Crippen LogP contribution in [0.25, 0.3) is 0 Å². The zero-order valence-corrected chi connectivity index (χ0v) is 12.2. The monoisotopic (exact) mass is 266 g/mol. The number of hydrogen-bond acceptors (Lipinski definition) is 3. The SMILES string of the molecule is CCN1CCC(C(=O)N2CCC(C(C)=O)CC2)CC1. The minimum atomic E-state index is 0.186. The predicted molar refractivity (Wildman–Crippen MR) is 74.8 cm³/mol. The Morgan fingerprint density at radius 3 is 1.95 bits per heavy atom. The van der Waals surface area contributed by atoms with E-state index < -0.39 is 0 Å². The van der Waals surface area contributed by atoms with Crippen molar-refractivity contribution in [2.75, 3.05) is 32.7 Å². The molecule has 2 aliphatic heterocycles. The average molecular weight is 266 g/mol. The second-order valence-corrected chi connectivity index (χ2v) is 5.92. The predicted octanol–water partition coefficient (Wildman–Crippen LogP) is 1.55. The first-order valence-electron chi connectivity index (χ1n) is 7.63. The van der Waals surface area contributed by atoms with Gasteiger partial charge in [-0.25, -0.2) is 0 Å². The highest BCUT2D eigenvalue weighted by molar-refractivity contribution is 5.81. The number of likely N-dealkylation sites (tertiary alicyclic amines) is 2. The molecule has 0 unspecified atom stereocenters. The van der Waals surface area contributed by atoms with Crippen LogP contribution in [0.1, 0.15) is 39.5 Å². The van der Waals surface area contributed by atoms with E-state index in [4.69, 9.17) is 0 Å². The first-order chi connectivity index (χ1) is 9.11. The van der Waals surface area contributed by atoms with Gasteiger partial charge in [0.15, 0.2) is 0 Å². The molecule has 0 aromatic heterocycles. The Bertz CT molecular complexity index is 327. The molecule has 4 nitrogen and oxygen atoms in total. The van der Waals surface area contributed by atoms with E-state index in [2.05, 4.69) is 11.8 Å². The second kappa shape index (κ2) is 6.51. The molecule has 2 rings (SSSR count). The number of rotatable bonds is 3. The van der Waals surface area contributed by atoms with Gasteiger partial charge >= 0.3 is 0 Å². The molecular weight excluding hydrogens is 240 g/mol. The van der Waals surface area contributed by atoms with Crippen molar-refractivity contribution in [3.05, 3.63) is 0 Å². The van der Waals surface area contributed by atoms with Crippen molar-refractivity contribution >= 4 is 11.7 Å². The van der Waals surface area contributed by atoms with Crippen LogP contribution in [0, 0.1) is 11.8 Å². The summed E-state index contributed by atoms with van der Waals surface area (Å²) in [7, 11) is 0. The van der Waals surface area contributed by atoms with E-state index in [1.54, 1.807) is 6.92 Å². The summed E-state index contributed by atoms with van der Waals surface area (Å²) in [6, 6.07) is 0. The van der Waals surface area contributed by atoms with Gasteiger partial charge in [0.2, 0.25) is 5.91 Å². The Hall–Kier alpha value is -0.900. The van der Waals surface area contributed by atoms with Gasteiger partial charge in [0.25, 0.3) is 0 Å². The van der Waals surface area contributed by atoms with Crippen LogP contribution >= 0.6 is 0 Å². The summed E-state index contributed by atoms with van der Waals surface area (Å²) >= 11 is 0. The molecule has 0 saturated carbocycles. The normalized spacial score (nSPS) is 23.6. The molecule has 2 fully saturated rings. The molecule has 2 saturated heterocycles. The lowest BCUT2D eigenvalue weighted by atomic mass is 9.90. The molecule has 0 atom stereocenters. The highest BCUT2D eigenvalue weighted by Gasteiger charge is 2.31. The maximum Gasteiger partial charge on any atom is 0.225 e. The lowest BCUT2D eigenvalue weighted by Crippen LogP contribution is -2.46. The summed E-state index contributed by atoms with van der Waals surface area (Å²) in [6.07, 6.45) is 3.71. The number of carbonyl (C=O) groups excluding carboxylic acids is 2. The topological polar surface area (TPSA) is 40.6 Å². The Morgan fingerprint density at radius 1 is 0.947 bits per heavy atom. The van der Waals surface area contributed by atoms with E-state index in [0.717, 1.165) is 58.4 Å². The van der Waals surface area contributed by atoms with E-state index in [0.29, 0.717) is 5.91 Å². The van der Waals surface area contributed by atoms with Gasteiger partial charge in [-0.2, -0.15) is 0 Å². The maximum atomic E-state index is 12.4. The molecular formula is C15H26N2O2. The molecule has 0 spiro atoms. The molecule has 19 heavy (non-hydrogen) atoms. The van der Waals surface area contributed by atoms with Gasteiger partial charge in [-0.05, 0) is 52.2 Å². The fourth-order valence-corrected chi connectivity index (χ4v) is 3.26. The van der Waals surface area contributed by atoms with Gasteiger partial charge in [-0.3, -0.25) is 9.59 Å². The third-order valence-corrected chi connectivity index (χ3v) is 4.77. The van der Waals surface area contributed by atoms with Crippen LogP contribution in [0.5, 0.6) is 0 Å². The summed E-state index contributed by atoms with van der Waals surface area (Å²) in [6.45, 7) is 8.59. The van der Waals surface area contributed by atoms with Gasteiger partial charge < -0.3 is 9.80 Å². The van der Waals surface area contributed by atoms with Crippen molar-refractivity contribution in [3.8, 4) is 0 Å². The molecule has 0 bridgehead atoms. The summed E-state index contributed by atoms with van der Waals surface area (Å²) < 4.78 is 0. The van der Waals surface area contributed by atoms with Crippen LogP contribution in [0.2, 0.25) is 0 Å². The highest BCUT2D eigenvalue weighted by Crippen LogP contribution is 2.24. The number of Topliss-reactive ketones (excluding diaryl/α,β-unsaturated/α-hetero) is 1. The lowest BCUT2D eigenvalue weighted by Gasteiger charge is -2.36. The standard InChI is InChI=1S/C15H26N2O2/c1-3-16-8-4-14(5-9-16)15(19)17-10-6-13(7-11-17)12(2)18/h13-14H,3-11H2,1-2H3. The zero-order chi connectivity index (χ0) is 13.8. The van der Waals surface area contributed by atoms with E-state index in [1.165, 1.54) is 0 Å². The Labute approximate surface area is 116 Å². The number of ketones is 1. The first-order valence-corrected chi connectivity index (χ1v) is 7.63. The summed E-state index contributed by atoms with van der Waals surface area (Å²) in [5, 5.41) is 0. The largest absolute Gasteiger partial charge is 0.342 e. The van der Waals surface area contributed by atoms with Crippen molar-refractivity contribution in [1.82, 2.24) is 9.80 Å². The molecule has 1 amide bonds. The van der Waals surface area contributed by atoms with Gasteiger partial charge in [-0.1, -0.05) is 6.92 Å². The Morgan fingerprint density at radius 2 is 1.47 bits per heavy atom. The fourth-order valence-electron chi connectivity index (χ4n) is 3.26. The van der Waals surface area contributed by atoms with Crippen LogP contribution in [0.4, 0.5) is 0 Å². The quantitative estimate of drug-likeness (QED) is 0.778. The maximum absolute atomic E-state index is 12.4. The van der Waals surface area contributed by atoms with Crippen molar-refractivity contribution < 1.29 is 9.59 Å². The molecule has 0 radical (unpaired) electrons. The lowest BCUT2D eigenvalue weighted by molar-refractivity contribution is -0.139. The number of nitrogens with zero attached hydrogens (tertiary/aromatic N) is 2. The fraction of sp³-hybridized carbons (Fsp3) is 0.867. The third-order valence-electron chi connectivity index (χ3n) is 4.77. The molecule has 2 aliphatic rings. The molecule has 0 aromatic rings.